The Morgan fingerprint density at radius 1 is 1.39 bits per heavy atom. The van der Waals surface area contributed by atoms with Crippen molar-refractivity contribution in [3.8, 4) is 11.5 Å². The molecule has 0 fully saturated rings. The third kappa shape index (κ3) is 2.87. The topological polar surface area (TPSA) is 77.1 Å². The lowest BCUT2D eigenvalue weighted by Crippen LogP contribution is -2.42. The quantitative estimate of drug-likeness (QED) is 0.846. The van der Waals surface area contributed by atoms with E-state index in [2.05, 4.69) is 36.1 Å². The zero-order chi connectivity index (χ0) is 16.6. The van der Waals surface area contributed by atoms with E-state index < -0.39 is 0 Å². The molecule has 0 radical (unpaired) electrons. The van der Waals surface area contributed by atoms with Gasteiger partial charge < -0.3 is 9.42 Å². The summed E-state index contributed by atoms with van der Waals surface area (Å²) in [6.45, 7) is 9.45. The molecule has 7 heteroatoms. The van der Waals surface area contributed by atoms with Crippen LogP contribution in [0.3, 0.4) is 0 Å². The van der Waals surface area contributed by atoms with Gasteiger partial charge in [0.2, 0.25) is 5.91 Å². The van der Waals surface area contributed by atoms with Gasteiger partial charge in [-0.1, -0.05) is 25.9 Å². The molecule has 3 heterocycles. The van der Waals surface area contributed by atoms with Crippen LogP contribution in [0.4, 0.5) is 0 Å². The summed E-state index contributed by atoms with van der Waals surface area (Å²) in [7, 11) is 0. The summed E-state index contributed by atoms with van der Waals surface area (Å²) >= 11 is 0. The van der Waals surface area contributed by atoms with E-state index in [9.17, 15) is 4.79 Å². The van der Waals surface area contributed by atoms with Crippen LogP contribution in [0.25, 0.3) is 11.5 Å². The number of nitrogens with zero attached hydrogens (tertiary/aromatic N) is 5. The summed E-state index contributed by atoms with van der Waals surface area (Å²) in [6, 6.07) is 1.58. The highest BCUT2D eigenvalue weighted by Crippen LogP contribution is 2.28. The van der Waals surface area contributed by atoms with Crippen molar-refractivity contribution in [2.75, 3.05) is 6.54 Å². The molecule has 0 saturated carbocycles. The van der Waals surface area contributed by atoms with Crippen molar-refractivity contribution in [2.45, 2.75) is 53.1 Å². The van der Waals surface area contributed by atoms with Crippen LogP contribution in [0.2, 0.25) is 0 Å². The third-order valence-electron chi connectivity index (χ3n) is 4.05. The molecule has 23 heavy (non-hydrogen) atoms. The highest BCUT2D eigenvalue weighted by molar-refractivity contribution is 5.81. The van der Waals surface area contributed by atoms with Gasteiger partial charge >= 0.3 is 0 Å². The van der Waals surface area contributed by atoms with Gasteiger partial charge in [-0.05, 0) is 19.3 Å². The Bertz CT molecular complexity index is 703. The average molecular weight is 317 g/mol. The van der Waals surface area contributed by atoms with Crippen molar-refractivity contribution in [2.24, 2.45) is 5.92 Å². The molecule has 1 atom stereocenters. The zero-order valence-corrected chi connectivity index (χ0v) is 14.1. The predicted octanol–water partition coefficient (Wildman–Crippen LogP) is 2.44. The van der Waals surface area contributed by atoms with E-state index in [0.717, 1.165) is 31.0 Å². The fraction of sp³-hybridized carbons (Fsp3) is 0.625. The summed E-state index contributed by atoms with van der Waals surface area (Å²) in [5.74, 6) is 2.83. The molecule has 0 aliphatic carbocycles. The van der Waals surface area contributed by atoms with E-state index in [1.54, 1.807) is 0 Å². The Hall–Kier alpha value is -2.18. The van der Waals surface area contributed by atoms with Gasteiger partial charge in [0, 0.05) is 19.0 Å². The monoisotopic (exact) mass is 317 g/mol. The second-order valence-corrected chi connectivity index (χ2v) is 6.52. The molecular formula is C16H23N5O2. The van der Waals surface area contributed by atoms with Crippen molar-refractivity contribution < 1.29 is 9.32 Å². The number of aromatic nitrogens is 4. The first-order valence-corrected chi connectivity index (χ1v) is 8.19. The molecule has 1 amide bonds. The molecule has 0 spiro atoms. The minimum Gasteiger partial charge on any atom is -0.361 e. The zero-order valence-electron chi connectivity index (χ0n) is 14.1. The summed E-state index contributed by atoms with van der Waals surface area (Å²) < 4.78 is 7.27. The van der Waals surface area contributed by atoms with Crippen LogP contribution in [0.5, 0.6) is 0 Å². The standard InChI is InChI=1S/C16H23N5O2/c1-5-6-20-9-14-17-18-15(21(14)11(4)16(20)22)13-8-12(23-19-13)7-10(2)3/h8,10-11H,5-7,9H2,1-4H3/t11-/m0/s1. The molecule has 7 nitrogen and oxygen atoms in total. The van der Waals surface area contributed by atoms with Crippen LogP contribution in [-0.2, 0) is 17.8 Å². The Kier molecular flexibility index (Phi) is 4.19. The minimum absolute atomic E-state index is 0.103. The maximum Gasteiger partial charge on any atom is 0.245 e. The summed E-state index contributed by atoms with van der Waals surface area (Å²) in [5.41, 5.74) is 0.642. The fourth-order valence-electron chi connectivity index (χ4n) is 3.01. The smallest absolute Gasteiger partial charge is 0.245 e. The molecular weight excluding hydrogens is 294 g/mol. The van der Waals surface area contributed by atoms with Crippen LogP contribution < -0.4 is 0 Å². The molecule has 3 rings (SSSR count). The molecule has 124 valence electrons. The molecule has 1 aliphatic heterocycles. The molecule has 0 unspecified atom stereocenters. The molecule has 2 aromatic rings. The van der Waals surface area contributed by atoms with E-state index in [4.69, 9.17) is 4.52 Å². The van der Waals surface area contributed by atoms with Gasteiger partial charge in [-0.15, -0.1) is 10.2 Å². The van der Waals surface area contributed by atoms with Gasteiger partial charge in [-0.2, -0.15) is 0 Å². The van der Waals surface area contributed by atoms with Crippen molar-refractivity contribution >= 4 is 5.91 Å². The van der Waals surface area contributed by atoms with Crippen molar-refractivity contribution in [1.82, 2.24) is 24.8 Å². The van der Waals surface area contributed by atoms with Crippen LogP contribution >= 0.6 is 0 Å². The Labute approximate surface area is 135 Å². The normalized spacial score (nSPS) is 17.9. The third-order valence-corrected chi connectivity index (χ3v) is 4.05. The SMILES string of the molecule is CCCN1Cc2nnc(-c3cc(CC(C)C)on3)n2[C@@H](C)C1=O. The van der Waals surface area contributed by atoms with E-state index in [0.29, 0.717) is 24.0 Å². The first-order chi connectivity index (χ1) is 11.0. The Balaban J connectivity index is 1.92. The lowest BCUT2D eigenvalue weighted by Gasteiger charge is -2.31. The highest BCUT2D eigenvalue weighted by atomic mass is 16.5. The predicted molar refractivity (Wildman–Crippen MR) is 84.5 cm³/mol. The van der Waals surface area contributed by atoms with Gasteiger partial charge in [0.1, 0.15) is 11.8 Å². The summed E-state index contributed by atoms with van der Waals surface area (Å²) in [4.78, 5) is 14.4. The minimum atomic E-state index is -0.319. The second-order valence-electron chi connectivity index (χ2n) is 6.52. The first-order valence-electron chi connectivity index (χ1n) is 8.19. The molecule has 1 aliphatic rings. The number of carbonyl (C=O) groups excluding carboxylic acids is 1. The van der Waals surface area contributed by atoms with Crippen LogP contribution in [0.15, 0.2) is 10.6 Å². The van der Waals surface area contributed by atoms with E-state index in [1.807, 2.05) is 22.5 Å². The maximum absolute atomic E-state index is 12.5. The van der Waals surface area contributed by atoms with Gasteiger partial charge in [-0.3, -0.25) is 9.36 Å². The van der Waals surface area contributed by atoms with Crippen molar-refractivity contribution in [1.29, 1.82) is 0 Å². The molecule has 0 N–H and O–H groups in total. The maximum atomic E-state index is 12.5. The van der Waals surface area contributed by atoms with Crippen LogP contribution in [-0.4, -0.2) is 37.3 Å². The van der Waals surface area contributed by atoms with Crippen LogP contribution in [0, 0.1) is 5.92 Å². The molecule has 0 saturated heterocycles. The van der Waals surface area contributed by atoms with Crippen LogP contribution in [0.1, 0.15) is 51.7 Å². The first kappa shape index (κ1) is 15.7. The van der Waals surface area contributed by atoms with E-state index in [1.165, 1.54) is 0 Å². The van der Waals surface area contributed by atoms with E-state index >= 15 is 0 Å². The van der Waals surface area contributed by atoms with Crippen molar-refractivity contribution in [3.05, 3.63) is 17.7 Å². The molecule has 2 aromatic heterocycles. The number of rotatable bonds is 5. The summed E-state index contributed by atoms with van der Waals surface area (Å²) in [6.07, 6.45) is 1.76. The number of amides is 1. The van der Waals surface area contributed by atoms with Crippen molar-refractivity contribution in [3.63, 3.8) is 0 Å². The van der Waals surface area contributed by atoms with Gasteiger partial charge in [0.05, 0.1) is 6.54 Å². The lowest BCUT2D eigenvalue weighted by atomic mass is 10.1. The Morgan fingerprint density at radius 2 is 2.17 bits per heavy atom. The molecule has 0 aromatic carbocycles. The second kappa shape index (κ2) is 6.14. The average Bonchev–Trinajstić information content (AvgIpc) is 3.10. The lowest BCUT2D eigenvalue weighted by molar-refractivity contribution is -0.136. The summed E-state index contributed by atoms with van der Waals surface area (Å²) in [5, 5.41) is 12.6. The largest absolute Gasteiger partial charge is 0.361 e. The number of fused-ring (bicyclic) bond motifs is 1. The van der Waals surface area contributed by atoms with Gasteiger partial charge in [-0.25, -0.2) is 0 Å². The number of hydrogen-bond acceptors (Lipinski definition) is 5. The number of carbonyl (C=O) groups is 1. The van der Waals surface area contributed by atoms with E-state index in [-0.39, 0.29) is 11.9 Å². The van der Waals surface area contributed by atoms with Gasteiger partial charge in [0.25, 0.3) is 0 Å². The highest BCUT2D eigenvalue weighted by Gasteiger charge is 2.33. The fourth-order valence-corrected chi connectivity index (χ4v) is 3.01. The van der Waals surface area contributed by atoms with Gasteiger partial charge in [0.15, 0.2) is 17.3 Å². The molecule has 0 bridgehead atoms. The Morgan fingerprint density at radius 3 is 2.87 bits per heavy atom. The number of hydrogen-bond donors (Lipinski definition) is 0.